The first-order valence-electron chi connectivity index (χ1n) is 2.77. The Kier molecular flexibility index (Phi) is 2.54. The Bertz CT molecular complexity index is 91.9. The highest BCUT2D eigenvalue weighted by Crippen LogP contribution is 2.18. The van der Waals surface area contributed by atoms with Crippen LogP contribution in [0.15, 0.2) is 0 Å². The predicted molar refractivity (Wildman–Crippen MR) is 34.0 cm³/mol. The molecule has 0 fully saturated rings. The Hall–Kier alpha value is -0.510. The molecule has 0 aliphatic carbocycles. The first kappa shape index (κ1) is 7.49. The second-order valence-corrected chi connectivity index (χ2v) is 2.93. The van der Waals surface area contributed by atoms with Gasteiger partial charge in [0.15, 0.2) is 0 Å². The van der Waals surface area contributed by atoms with Gasteiger partial charge in [-0.1, -0.05) is 20.8 Å². The molecule has 0 aliphatic rings. The van der Waals surface area contributed by atoms with Crippen molar-refractivity contribution in [1.29, 1.82) is 5.26 Å². The molecule has 0 spiro atoms. The minimum atomic E-state index is 0.204. The molecule has 0 aromatic carbocycles. The molecule has 0 atom stereocenters. The van der Waals surface area contributed by atoms with Gasteiger partial charge in [-0.3, -0.25) is 0 Å². The molecule has 0 bridgehead atoms. The Labute approximate surface area is 51.3 Å². The van der Waals surface area contributed by atoms with Crippen LogP contribution < -0.4 is 0 Å². The summed E-state index contributed by atoms with van der Waals surface area (Å²) in [4.78, 5) is 0. The van der Waals surface area contributed by atoms with E-state index in [4.69, 9.17) is 5.26 Å². The summed E-state index contributed by atoms with van der Waals surface area (Å²) >= 11 is 0. The van der Waals surface area contributed by atoms with Gasteiger partial charge in [0.05, 0.1) is 6.07 Å². The fraction of sp³-hybridized carbons (Fsp3) is 0.714. The zero-order chi connectivity index (χ0) is 6.62. The Balaban J connectivity index is 3.28. The third kappa shape index (κ3) is 5.49. The summed E-state index contributed by atoms with van der Waals surface area (Å²) in [6.07, 6.45) is 2.57. The van der Waals surface area contributed by atoms with Crippen LogP contribution in [0.4, 0.5) is 0 Å². The first-order valence-corrected chi connectivity index (χ1v) is 2.77. The van der Waals surface area contributed by atoms with Gasteiger partial charge in [-0.2, -0.15) is 5.26 Å². The lowest BCUT2D eigenvalue weighted by Crippen LogP contribution is -2.04. The van der Waals surface area contributed by atoms with Gasteiger partial charge in [-0.05, 0) is 11.8 Å². The fourth-order valence-electron chi connectivity index (χ4n) is 0.352. The van der Waals surface area contributed by atoms with E-state index in [2.05, 4.69) is 26.8 Å². The van der Waals surface area contributed by atoms with Crippen LogP contribution in [-0.2, 0) is 0 Å². The quantitative estimate of drug-likeness (QED) is 0.507. The Morgan fingerprint density at radius 1 is 1.50 bits per heavy atom. The molecule has 8 heavy (non-hydrogen) atoms. The molecule has 0 saturated heterocycles. The standard InChI is InChI=1S/C7H12N/c1-7(2,3)5-4-6-8/h5H,4H2,1-3H3. The van der Waals surface area contributed by atoms with E-state index >= 15 is 0 Å². The van der Waals surface area contributed by atoms with E-state index in [1.165, 1.54) is 0 Å². The maximum Gasteiger partial charge on any atom is 0.0624 e. The number of nitrogens with zero attached hydrogens (tertiary/aromatic N) is 1. The molecule has 0 amide bonds. The van der Waals surface area contributed by atoms with Crippen molar-refractivity contribution in [2.45, 2.75) is 27.2 Å². The van der Waals surface area contributed by atoms with Gasteiger partial charge in [-0.25, -0.2) is 0 Å². The second-order valence-electron chi connectivity index (χ2n) is 2.93. The van der Waals surface area contributed by atoms with Crippen LogP contribution in [0.25, 0.3) is 0 Å². The van der Waals surface area contributed by atoms with Gasteiger partial charge in [0, 0.05) is 6.42 Å². The predicted octanol–water partition coefficient (Wildman–Crippen LogP) is 2.15. The van der Waals surface area contributed by atoms with Crippen molar-refractivity contribution in [2.24, 2.45) is 5.41 Å². The molecule has 1 nitrogen and oxygen atoms in total. The molecule has 1 radical (unpaired) electrons. The van der Waals surface area contributed by atoms with Crippen molar-refractivity contribution in [3.63, 3.8) is 0 Å². The number of hydrogen-bond donors (Lipinski definition) is 0. The summed E-state index contributed by atoms with van der Waals surface area (Å²) in [5.41, 5.74) is 0.204. The summed E-state index contributed by atoms with van der Waals surface area (Å²) in [5, 5.41) is 8.15. The molecule has 0 saturated carbocycles. The zero-order valence-corrected chi connectivity index (χ0v) is 5.73. The van der Waals surface area contributed by atoms with Crippen molar-refractivity contribution in [3.05, 3.63) is 6.42 Å². The topological polar surface area (TPSA) is 23.8 Å². The van der Waals surface area contributed by atoms with Crippen LogP contribution >= 0.6 is 0 Å². The minimum absolute atomic E-state index is 0.204. The number of hydrogen-bond acceptors (Lipinski definition) is 1. The average molecular weight is 110 g/mol. The van der Waals surface area contributed by atoms with Gasteiger partial charge >= 0.3 is 0 Å². The molecule has 0 aromatic heterocycles. The van der Waals surface area contributed by atoms with E-state index in [9.17, 15) is 0 Å². The Morgan fingerprint density at radius 2 is 2.00 bits per heavy atom. The monoisotopic (exact) mass is 110 g/mol. The zero-order valence-electron chi connectivity index (χ0n) is 5.73. The van der Waals surface area contributed by atoms with Crippen molar-refractivity contribution in [3.8, 4) is 6.07 Å². The maximum absolute atomic E-state index is 8.15. The smallest absolute Gasteiger partial charge is 0.0624 e. The summed E-state index contributed by atoms with van der Waals surface area (Å²) in [6.45, 7) is 6.26. The molecular formula is C7H12N. The van der Waals surface area contributed by atoms with Crippen LogP contribution in [0.2, 0.25) is 0 Å². The van der Waals surface area contributed by atoms with Crippen molar-refractivity contribution in [2.75, 3.05) is 0 Å². The van der Waals surface area contributed by atoms with Crippen molar-refractivity contribution < 1.29 is 0 Å². The minimum Gasteiger partial charge on any atom is -0.198 e. The molecule has 0 aromatic rings. The summed E-state index contributed by atoms with van der Waals surface area (Å²) in [5.74, 6) is 0. The van der Waals surface area contributed by atoms with E-state index < -0.39 is 0 Å². The molecule has 0 N–H and O–H groups in total. The highest BCUT2D eigenvalue weighted by Gasteiger charge is 2.08. The van der Waals surface area contributed by atoms with E-state index in [0.29, 0.717) is 6.42 Å². The third-order valence-corrected chi connectivity index (χ3v) is 0.806. The highest BCUT2D eigenvalue weighted by molar-refractivity contribution is 4.89. The second kappa shape index (κ2) is 2.71. The van der Waals surface area contributed by atoms with Gasteiger partial charge in [-0.15, -0.1) is 0 Å². The van der Waals surface area contributed by atoms with Crippen LogP contribution in [0, 0.1) is 23.2 Å². The molecule has 45 valence electrons. The molecular weight excluding hydrogens is 98.1 g/mol. The van der Waals surface area contributed by atoms with Gasteiger partial charge in [0.1, 0.15) is 0 Å². The first-order chi connectivity index (χ1) is 3.56. The third-order valence-electron chi connectivity index (χ3n) is 0.806. The highest BCUT2D eigenvalue weighted by atomic mass is 14.2. The molecule has 1 heteroatoms. The lowest BCUT2D eigenvalue weighted by molar-refractivity contribution is 0.487. The summed E-state index contributed by atoms with van der Waals surface area (Å²) in [6, 6.07) is 2.07. The lowest BCUT2D eigenvalue weighted by atomic mass is 9.91. The summed E-state index contributed by atoms with van der Waals surface area (Å²) in [7, 11) is 0. The van der Waals surface area contributed by atoms with E-state index in [-0.39, 0.29) is 5.41 Å². The molecule has 0 unspecified atom stereocenters. The normalized spacial score (nSPS) is 10.8. The van der Waals surface area contributed by atoms with E-state index in [0.717, 1.165) is 0 Å². The molecule has 0 heterocycles. The van der Waals surface area contributed by atoms with E-state index in [1.54, 1.807) is 0 Å². The SMILES string of the molecule is CC(C)(C)[CH]CC#N. The van der Waals surface area contributed by atoms with Crippen LogP contribution in [0.3, 0.4) is 0 Å². The number of rotatable bonds is 1. The van der Waals surface area contributed by atoms with Gasteiger partial charge in [0.2, 0.25) is 0 Å². The molecule has 0 aliphatic heterocycles. The van der Waals surface area contributed by atoms with Crippen LogP contribution in [0.1, 0.15) is 27.2 Å². The van der Waals surface area contributed by atoms with Crippen molar-refractivity contribution >= 4 is 0 Å². The largest absolute Gasteiger partial charge is 0.198 e. The average Bonchev–Trinajstić information content (AvgIpc) is 1.59. The molecule has 0 rings (SSSR count). The maximum atomic E-state index is 8.15. The van der Waals surface area contributed by atoms with Crippen LogP contribution in [0.5, 0.6) is 0 Å². The lowest BCUT2D eigenvalue weighted by Gasteiger charge is -2.13. The fourth-order valence-corrected chi connectivity index (χ4v) is 0.352. The number of nitriles is 1. The summed E-state index contributed by atoms with van der Waals surface area (Å²) < 4.78 is 0. The Morgan fingerprint density at radius 3 is 2.12 bits per heavy atom. The van der Waals surface area contributed by atoms with Crippen LogP contribution in [-0.4, -0.2) is 0 Å². The van der Waals surface area contributed by atoms with E-state index in [1.807, 2.05) is 6.42 Å². The van der Waals surface area contributed by atoms with Gasteiger partial charge in [0.25, 0.3) is 0 Å². The van der Waals surface area contributed by atoms with Gasteiger partial charge < -0.3 is 0 Å². The van der Waals surface area contributed by atoms with Crippen molar-refractivity contribution in [1.82, 2.24) is 0 Å².